The predicted octanol–water partition coefficient (Wildman–Crippen LogP) is 4.68. The quantitative estimate of drug-likeness (QED) is 0.478. The third-order valence-electron chi connectivity index (χ3n) is 4.14. The highest BCUT2D eigenvalue weighted by Gasteiger charge is 2.16. The summed E-state index contributed by atoms with van der Waals surface area (Å²) in [5.41, 5.74) is 1.43. The number of amides is 1. The minimum absolute atomic E-state index is 0.111. The van der Waals surface area contributed by atoms with Gasteiger partial charge in [0.2, 0.25) is 11.8 Å². The summed E-state index contributed by atoms with van der Waals surface area (Å²) < 4.78 is 24.4. The Labute approximate surface area is 177 Å². The second-order valence-corrected chi connectivity index (χ2v) is 7.41. The molecule has 2 aromatic carbocycles. The van der Waals surface area contributed by atoms with Crippen LogP contribution in [0.15, 0.2) is 52.1 Å². The molecule has 0 unspecified atom stereocenters. The summed E-state index contributed by atoms with van der Waals surface area (Å²) in [4.78, 5) is 14.2. The van der Waals surface area contributed by atoms with Crippen LogP contribution in [0.3, 0.4) is 0 Å². The maximum Gasteiger partial charge on any atom is 0.277 e. The van der Waals surface area contributed by atoms with Crippen LogP contribution in [0.2, 0.25) is 5.02 Å². The number of aromatic nitrogens is 2. The van der Waals surface area contributed by atoms with Crippen molar-refractivity contribution in [1.82, 2.24) is 15.1 Å². The number of carbonyl (C=O) groups excluding carboxylic acids is 1. The Bertz CT molecular complexity index is 981. The minimum atomic E-state index is -0.455. The molecule has 0 radical (unpaired) electrons. The number of carbonyl (C=O) groups is 1. The number of benzene rings is 2. The van der Waals surface area contributed by atoms with Crippen molar-refractivity contribution in [2.24, 2.45) is 0 Å². The summed E-state index contributed by atoms with van der Waals surface area (Å²) >= 11 is 7.03. The molecule has 0 aliphatic rings. The molecule has 0 aliphatic carbocycles. The van der Waals surface area contributed by atoms with Gasteiger partial charge in [0.05, 0.1) is 12.9 Å². The predicted molar refractivity (Wildman–Crippen MR) is 110 cm³/mol. The molecule has 1 heterocycles. The van der Waals surface area contributed by atoms with Crippen molar-refractivity contribution >= 4 is 29.3 Å². The van der Waals surface area contributed by atoms with E-state index in [9.17, 15) is 9.18 Å². The van der Waals surface area contributed by atoms with Crippen molar-refractivity contribution in [3.8, 4) is 17.2 Å². The van der Waals surface area contributed by atoms with Crippen molar-refractivity contribution in [1.29, 1.82) is 0 Å². The first kappa shape index (κ1) is 21.1. The van der Waals surface area contributed by atoms with E-state index in [4.69, 9.17) is 20.8 Å². The first-order valence-corrected chi connectivity index (χ1v) is 10.2. The van der Waals surface area contributed by atoms with Gasteiger partial charge in [-0.1, -0.05) is 29.4 Å². The Balaban J connectivity index is 1.59. The van der Waals surface area contributed by atoms with E-state index in [1.165, 1.54) is 13.2 Å². The molecule has 0 saturated heterocycles. The molecule has 0 N–H and O–H groups in total. The molecule has 0 fully saturated rings. The highest BCUT2D eigenvalue weighted by molar-refractivity contribution is 7.99. The molecule has 3 aromatic rings. The molecule has 29 heavy (non-hydrogen) atoms. The first-order chi connectivity index (χ1) is 14.0. The van der Waals surface area contributed by atoms with Gasteiger partial charge < -0.3 is 14.1 Å². The summed E-state index contributed by atoms with van der Waals surface area (Å²) in [7, 11) is 1.41. The van der Waals surface area contributed by atoms with E-state index in [1.807, 2.05) is 6.92 Å². The average Bonchev–Trinajstić information content (AvgIpc) is 3.20. The fourth-order valence-corrected chi connectivity index (χ4v) is 3.39. The second-order valence-electron chi connectivity index (χ2n) is 6.05. The van der Waals surface area contributed by atoms with Crippen LogP contribution in [-0.2, 0) is 11.3 Å². The van der Waals surface area contributed by atoms with Crippen molar-refractivity contribution in [3.63, 3.8) is 0 Å². The van der Waals surface area contributed by atoms with Gasteiger partial charge in [0.25, 0.3) is 5.22 Å². The van der Waals surface area contributed by atoms with Crippen LogP contribution in [0.25, 0.3) is 11.5 Å². The van der Waals surface area contributed by atoms with Crippen molar-refractivity contribution in [3.05, 3.63) is 58.9 Å². The smallest absolute Gasteiger partial charge is 0.277 e. The topological polar surface area (TPSA) is 68.5 Å². The van der Waals surface area contributed by atoms with E-state index in [-0.39, 0.29) is 17.4 Å². The SMILES string of the molecule is CCN(Cc1ccc(OC)c(F)c1)C(=O)CSc1nnc(-c2ccc(Cl)cc2)o1. The summed E-state index contributed by atoms with van der Waals surface area (Å²) in [6.45, 7) is 2.66. The van der Waals surface area contributed by atoms with Crippen LogP contribution < -0.4 is 4.74 Å². The lowest BCUT2D eigenvalue weighted by Gasteiger charge is -2.20. The van der Waals surface area contributed by atoms with Crippen LogP contribution in [0.5, 0.6) is 5.75 Å². The molecule has 3 rings (SSSR count). The van der Waals surface area contributed by atoms with Gasteiger partial charge in [-0.3, -0.25) is 4.79 Å². The van der Waals surface area contributed by atoms with Gasteiger partial charge in [0.15, 0.2) is 11.6 Å². The standard InChI is InChI=1S/C20H19ClFN3O3S/c1-3-25(11-13-4-9-17(27-2)16(22)10-13)18(26)12-29-20-24-23-19(28-20)14-5-7-15(21)8-6-14/h4-10H,3,11-12H2,1-2H3. The van der Waals surface area contributed by atoms with Gasteiger partial charge in [0.1, 0.15) is 0 Å². The number of hydrogen-bond donors (Lipinski definition) is 0. The molecule has 1 aromatic heterocycles. The number of thioether (sulfide) groups is 1. The molecule has 0 bridgehead atoms. The van der Waals surface area contributed by atoms with Gasteiger partial charge in [0, 0.05) is 23.7 Å². The van der Waals surface area contributed by atoms with Crippen molar-refractivity contribution in [2.75, 3.05) is 19.4 Å². The summed E-state index contributed by atoms with van der Waals surface area (Å²) in [6.07, 6.45) is 0. The van der Waals surface area contributed by atoms with Gasteiger partial charge >= 0.3 is 0 Å². The fraction of sp³-hybridized carbons (Fsp3) is 0.250. The highest BCUT2D eigenvalue weighted by atomic mass is 35.5. The molecule has 0 atom stereocenters. The number of halogens is 2. The Morgan fingerprint density at radius 3 is 2.66 bits per heavy atom. The Kier molecular flexibility index (Phi) is 7.11. The fourth-order valence-electron chi connectivity index (χ4n) is 2.60. The van der Waals surface area contributed by atoms with Gasteiger partial charge in [-0.15, -0.1) is 10.2 Å². The van der Waals surface area contributed by atoms with E-state index >= 15 is 0 Å². The molecule has 1 amide bonds. The maximum absolute atomic E-state index is 13.9. The van der Waals surface area contributed by atoms with E-state index < -0.39 is 5.82 Å². The minimum Gasteiger partial charge on any atom is -0.494 e. The lowest BCUT2D eigenvalue weighted by molar-refractivity contribution is -0.128. The third-order valence-corrected chi connectivity index (χ3v) is 5.20. The average molecular weight is 436 g/mol. The Morgan fingerprint density at radius 1 is 1.24 bits per heavy atom. The second kappa shape index (κ2) is 9.76. The zero-order valence-electron chi connectivity index (χ0n) is 15.9. The number of nitrogens with zero attached hydrogens (tertiary/aromatic N) is 3. The molecule has 152 valence electrons. The normalized spacial score (nSPS) is 10.8. The molecule has 9 heteroatoms. The molecular formula is C20H19ClFN3O3S. The zero-order valence-corrected chi connectivity index (χ0v) is 17.5. The van der Waals surface area contributed by atoms with E-state index in [2.05, 4.69) is 10.2 Å². The molecule has 0 spiro atoms. The number of methoxy groups -OCH3 is 1. The van der Waals surface area contributed by atoms with Crippen molar-refractivity contribution < 1.29 is 18.3 Å². The Hall–Kier alpha value is -2.58. The summed E-state index contributed by atoms with van der Waals surface area (Å²) in [5, 5.41) is 8.88. The van der Waals surface area contributed by atoms with Crippen LogP contribution in [-0.4, -0.2) is 40.4 Å². The van der Waals surface area contributed by atoms with Crippen LogP contribution >= 0.6 is 23.4 Å². The first-order valence-electron chi connectivity index (χ1n) is 8.82. The molecule has 0 saturated carbocycles. The van der Waals surface area contributed by atoms with Gasteiger partial charge in [-0.2, -0.15) is 0 Å². The largest absolute Gasteiger partial charge is 0.494 e. The molecule has 6 nitrogen and oxygen atoms in total. The maximum atomic E-state index is 13.9. The number of ether oxygens (including phenoxy) is 1. The van der Waals surface area contributed by atoms with Gasteiger partial charge in [-0.25, -0.2) is 4.39 Å². The molecule has 0 aliphatic heterocycles. The third kappa shape index (κ3) is 5.48. The highest BCUT2D eigenvalue weighted by Crippen LogP contribution is 2.25. The van der Waals surface area contributed by atoms with E-state index in [0.29, 0.717) is 34.8 Å². The van der Waals surface area contributed by atoms with Crippen LogP contribution in [0.1, 0.15) is 12.5 Å². The van der Waals surface area contributed by atoms with E-state index in [1.54, 1.807) is 41.3 Å². The van der Waals surface area contributed by atoms with Crippen LogP contribution in [0.4, 0.5) is 4.39 Å². The zero-order chi connectivity index (χ0) is 20.8. The number of hydrogen-bond acceptors (Lipinski definition) is 6. The lowest BCUT2D eigenvalue weighted by atomic mass is 10.2. The molecular weight excluding hydrogens is 417 g/mol. The van der Waals surface area contributed by atoms with E-state index in [0.717, 1.165) is 17.3 Å². The van der Waals surface area contributed by atoms with Crippen LogP contribution in [0, 0.1) is 5.82 Å². The Morgan fingerprint density at radius 2 is 2.00 bits per heavy atom. The summed E-state index contributed by atoms with van der Waals surface area (Å²) in [5.74, 6) is 0.0991. The number of rotatable bonds is 8. The van der Waals surface area contributed by atoms with Gasteiger partial charge in [-0.05, 0) is 48.9 Å². The monoisotopic (exact) mass is 435 g/mol. The summed E-state index contributed by atoms with van der Waals surface area (Å²) in [6, 6.07) is 11.7. The lowest BCUT2D eigenvalue weighted by Crippen LogP contribution is -2.31. The van der Waals surface area contributed by atoms with Crippen molar-refractivity contribution in [2.45, 2.75) is 18.7 Å².